The molecule has 0 spiro atoms. The van der Waals surface area contributed by atoms with Gasteiger partial charge in [0.1, 0.15) is 5.82 Å². The summed E-state index contributed by atoms with van der Waals surface area (Å²) in [5.41, 5.74) is 6.46. The van der Waals surface area contributed by atoms with Gasteiger partial charge in [0.25, 0.3) is 0 Å². The van der Waals surface area contributed by atoms with Gasteiger partial charge in [0.15, 0.2) is 0 Å². The van der Waals surface area contributed by atoms with Crippen molar-refractivity contribution in [3.8, 4) is 0 Å². The van der Waals surface area contributed by atoms with E-state index in [0.29, 0.717) is 12.2 Å². The molecule has 2 rings (SSSR count). The maximum atomic E-state index is 13.1. The number of nitrogen functional groups attached to an aromatic ring is 1. The molecule has 3 nitrogen and oxygen atoms in total. The third kappa shape index (κ3) is 1.53. The predicted octanol–water partition coefficient (Wildman–Crippen LogP) is 0.979. The van der Waals surface area contributed by atoms with Gasteiger partial charge in [-0.05, 0) is 18.6 Å². The minimum Gasteiger partial charge on any atom is -0.395 e. The largest absolute Gasteiger partial charge is 0.395 e. The quantitative estimate of drug-likeness (QED) is 0.658. The van der Waals surface area contributed by atoms with E-state index in [1.54, 1.807) is 12.1 Å². The van der Waals surface area contributed by atoms with Crippen molar-refractivity contribution in [2.24, 2.45) is 0 Å². The van der Waals surface area contributed by atoms with E-state index in [1.165, 1.54) is 6.07 Å². The second kappa shape index (κ2) is 3.46. The molecule has 76 valence electrons. The highest BCUT2D eigenvalue weighted by Gasteiger charge is 2.22. The van der Waals surface area contributed by atoms with Gasteiger partial charge >= 0.3 is 0 Å². The van der Waals surface area contributed by atoms with Crippen LogP contribution in [-0.2, 0) is 0 Å². The molecule has 0 radical (unpaired) electrons. The number of aliphatic hydroxyl groups excluding tert-OH is 1. The summed E-state index contributed by atoms with van der Waals surface area (Å²) in [6.07, 6.45) is 0.397. The third-order valence-corrected chi connectivity index (χ3v) is 2.53. The summed E-state index contributed by atoms with van der Waals surface area (Å²) >= 11 is 0. The fourth-order valence-corrected chi connectivity index (χ4v) is 1.76. The number of halogens is 1. The Morgan fingerprint density at radius 1 is 1.50 bits per heavy atom. The number of hydrogen-bond donors (Lipinski definition) is 2. The van der Waals surface area contributed by atoms with E-state index >= 15 is 0 Å². The minimum absolute atomic E-state index is 0.168. The zero-order valence-corrected chi connectivity index (χ0v) is 7.78. The van der Waals surface area contributed by atoms with Crippen molar-refractivity contribution in [2.75, 3.05) is 23.7 Å². The molecule has 0 bridgehead atoms. The molecule has 0 saturated carbocycles. The van der Waals surface area contributed by atoms with Crippen LogP contribution in [0.2, 0.25) is 0 Å². The van der Waals surface area contributed by atoms with Crippen LogP contribution in [0.25, 0.3) is 0 Å². The second-order valence-corrected chi connectivity index (χ2v) is 3.56. The molecule has 14 heavy (non-hydrogen) atoms. The first-order valence-corrected chi connectivity index (χ1v) is 4.65. The first-order chi connectivity index (χ1) is 6.68. The number of para-hydroxylation sites is 1. The summed E-state index contributed by atoms with van der Waals surface area (Å²) in [7, 11) is 0. The lowest BCUT2D eigenvalue weighted by Gasteiger charge is -2.19. The van der Waals surface area contributed by atoms with E-state index < -0.39 is 5.82 Å². The second-order valence-electron chi connectivity index (χ2n) is 3.56. The van der Waals surface area contributed by atoms with E-state index in [0.717, 1.165) is 13.0 Å². The monoisotopic (exact) mass is 196 g/mol. The molecule has 1 aromatic rings. The number of aliphatic hydroxyl groups is 1. The van der Waals surface area contributed by atoms with Gasteiger partial charge in [-0.3, -0.25) is 0 Å². The summed E-state index contributed by atoms with van der Waals surface area (Å²) in [6.45, 7) is 1.27. The molecule has 1 aliphatic heterocycles. The van der Waals surface area contributed by atoms with Crippen molar-refractivity contribution >= 4 is 11.4 Å². The maximum absolute atomic E-state index is 13.1. The number of anilines is 2. The number of hydrogen-bond acceptors (Lipinski definition) is 3. The third-order valence-electron chi connectivity index (χ3n) is 2.53. The Labute approximate surface area is 81.9 Å². The summed E-state index contributed by atoms with van der Waals surface area (Å²) < 4.78 is 13.1. The van der Waals surface area contributed by atoms with Gasteiger partial charge in [0.2, 0.25) is 0 Å². The fraction of sp³-hybridized carbons (Fsp3) is 0.400. The van der Waals surface area contributed by atoms with Crippen LogP contribution in [0.15, 0.2) is 18.2 Å². The van der Waals surface area contributed by atoms with Crippen molar-refractivity contribution in [1.29, 1.82) is 0 Å². The molecular formula is C10H13FN2O. The molecule has 1 atom stereocenters. The Morgan fingerprint density at radius 3 is 2.93 bits per heavy atom. The standard InChI is InChI=1S/C10H13FN2O/c11-8-2-1-3-9(10(8)12)13-5-4-7(14)6-13/h1-3,7,14H,4-6,12H2. The molecule has 4 heteroatoms. The van der Waals surface area contributed by atoms with Crippen LogP contribution in [0.5, 0.6) is 0 Å². The smallest absolute Gasteiger partial charge is 0.148 e. The molecular weight excluding hydrogens is 183 g/mol. The minimum atomic E-state index is -0.399. The molecule has 1 heterocycles. The van der Waals surface area contributed by atoms with Gasteiger partial charge in [-0.15, -0.1) is 0 Å². The van der Waals surface area contributed by atoms with Gasteiger partial charge in [0, 0.05) is 13.1 Å². The summed E-state index contributed by atoms with van der Waals surface area (Å²) in [4.78, 5) is 1.91. The highest BCUT2D eigenvalue weighted by Crippen LogP contribution is 2.28. The number of benzene rings is 1. The Kier molecular flexibility index (Phi) is 2.29. The van der Waals surface area contributed by atoms with Crippen LogP contribution in [0, 0.1) is 5.82 Å². The van der Waals surface area contributed by atoms with Crippen molar-refractivity contribution in [3.63, 3.8) is 0 Å². The maximum Gasteiger partial charge on any atom is 0.148 e. The Morgan fingerprint density at radius 2 is 2.29 bits per heavy atom. The summed E-state index contributed by atoms with van der Waals surface area (Å²) in [5.74, 6) is -0.399. The first kappa shape index (κ1) is 9.27. The van der Waals surface area contributed by atoms with Gasteiger partial charge in [-0.25, -0.2) is 4.39 Å². The lowest BCUT2D eigenvalue weighted by atomic mass is 10.2. The highest BCUT2D eigenvalue weighted by atomic mass is 19.1. The topological polar surface area (TPSA) is 49.5 Å². The van der Waals surface area contributed by atoms with Gasteiger partial charge in [-0.1, -0.05) is 6.07 Å². The lowest BCUT2D eigenvalue weighted by molar-refractivity contribution is 0.198. The molecule has 1 aromatic carbocycles. The molecule has 1 aliphatic rings. The fourth-order valence-electron chi connectivity index (χ4n) is 1.76. The number of nitrogens with zero attached hydrogens (tertiary/aromatic N) is 1. The summed E-state index contributed by atoms with van der Waals surface area (Å²) in [5, 5.41) is 9.34. The average Bonchev–Trinajstić information content (AvgIpc) is 2.57. The van der Waals surface area contributed by atoms with E-state index in [9.17, 15) is 9.50 Å². The normalized spacial score (nSPS) is 21.6. The zero-order valence-electron chi connectivity index (χ0n) is 7.78. The van der Waals surface area contributed by atoms with Crippen LogP contribution in [0.3, 0.4) is 0 Å². The van der Waals surface area contributed by atoms with E-state index in [4.69, 9.17) is 5.73 Å². The van der Waals surface area contributed by atoms with E-state index in [2.05, 4.69) is 0 Å². The van der Waals surface area contributed by atoms with Crippen molar-refractivity contribution < 1.29 is 9.50 Å². The van der Waals surface area contributed by atoms with Crippen LogP contribution in [0.1, 0.15) is 6.42 Å². The van der Waals surface area contributed by atoms with Gasteiger partial charge in [-0.2, -0.15) is 0 Å². The molecule has 1 unspecified atom stereocenters. The van der Waals surface area contributed by atoms with Crippen LogP contribution >= 0.6 is 0 Å². The first-order valence-electron chi connectivity index (χ1n) is 4.65. The molecule has 0 aromatic heterocycles. The molecule has 1 fully saturated rings. The zero-order chi connectivity index (χ0) is 10.1. The molecule has 3 N–H and O–H groups in total. The highest BCUT2D eigenvalue weighted by molar-refractivity contribution is 5.68. The Bertz CT molecular complexity index is 343. The molecule has 0 amide bonds. The van der Waals surface area contributed by atoms with Crippen LogP contribution in [0.4, 0.5) is 15.8 Å². The van der Waals surface area contributed by atoms with Crippen molar-refractivity contribution in [2.45, 2.75) is 12.5 Å². The van der Waals surface area contributed by atoms with Gasteiger partial charge in [0.05, 0.1) is 17.5 Å². The number of nitrogens with two attached hydrogens (primary N) is 1. The predicted molar refractivity (Wildman–Crippen MR) is 53.6 cm³/mol. The average molecular weight is 196 g/mol. The summed E-state index contributed by atoms with van der Waals surface area (Å²) in [6, 6.07) is 4.74. The number of rotatable bonds is 1. The Balaban J connectivity index is 2.28. The van der Waals surface area contributed by atoms with Crippen LogP contribution in [-0.4, -0.2) is 24.3 Å². The van der Waals surface area contributed by atoms with Crippen molar-refractivity contribution in [1.82, 2.24) is 0 Å². The number of β-amino-alcohol motifs (C(OH)–C–C–N with tert-alkyl or cyclic N) is 1. The molecule has 1 saturated heterocycles. The van der Waals surface area contributed by atoms with E-state index in [1.807, 2.05) is 4.90 Å². The van der Waals surface area contributed by atoms with Gasteiger partial charge < -0.3 is 15.7 Å². The molecule has 0 aliphatic carbocycles. The van der Waals surface area contributed by atoms with Crippen LogP contribution < -0.4 is 10.6 Å². The van der Waals surface area contributed by atoms with E-state index in [-0.39, 0.29) is 11.8 Å². The van der Waals surface area contributed by atoms with Crippen molar-refractivity contribution in [3.05, 3.63) is 24.0 Å². The Hall–Kier alpha value is -1.29. The SMILES string of the molecule is Nc1c(F)cccc1N1CCC(O)C1. The lowest BCUT2D eigenvalue weighted by Crippen LogP contribution is -2.22.